The Labute approximate surface area is 105 Å². The number of carbonyl (C=O) groups is 1. The van der Waals surface area contributed by atoms with Crippen molar-refractivity contribution in [3.63, 3.8) is 0 Å². The Balaban J connectivity index is 2.12. The summed E-state index contributed by atoms with van der Waals surface area (Å²) in [5.41, 5.74) is 0. The van der Waals surface area contributed by atoms with Crippen LogP contribution in [0.1, 0.15) is 42.9 Å². The smallest absolute Gasteiger partial charge is 0.314 e. The minimum Gasteiger partial charge on any atom is -0.481 e. The third kappa shape index (κ3) is 2.87. The second-order valence-corrected chi connectivity index (χ2v) is 5.70. The number of hydrogen-bond acceptors (Lipinski definition) is 3. The van der Waals surface area contributed by atoms with Crippen LogP contribution in [0.25, 0.3) is 0 Å². The number of aliphatic hydroxyl groups is 1. The number of aliphatic hydroxyl groups excluding tert-OH is 1. The van der Waals surface area contributed by atoms with Crippen LogP contribution in [0.2, 0.25) is 0 Å². The van der Waals surface area contributed by atoms with E-state index < -0.39 is 18.0 Å². The van der Waals surface area contributed by atoms with Crippen LogP contribution in [0.5, 0.6) is 0 Å². The molecule has 1 fully saturated rings. The molecule has 1 aliphatic carbocycles. The first-order chi connectivity index (χ1) is 8.20. The molecule has 3 nitrogen and oxygen atoms in total. The van der Waals surface area contributed by atoms with E-state index in [0.717, 1.165) is 30.6 Å². The average Bonchev–Trinajstić information content (AvgIpc) is 2.83. The van der Waals surface area contributed by atoms with Crippen molar-refractivity contribution in [2.75, 3.05) is 0 Å². The summed E-state index contributed by atoms with van der Waals surface area (Å²) in [4.78, 5) is 12.1. The van der Waals surface area contributed by atoms with Crippen molar-refractivity contribution in [3.05, 3.63) is 22.4 Å². The lowest BCUT2D eigenvalue weighted by Gasteiger charge is -2.29. The Kier molecular flexibility index (Phi) is 4.18. The van der Waals surface area contributed by atoms with Crippen molar-refractivity contribution in [1.29, 1.82) is 0 Å². The van der Waals surface area contributed by atoms with Crippen molar-refractivity contribution in [2.24, 2.45) is 5.92 Å². The molecule has 17 heavy (non-hydrogen) atoms. The molecule has 0 amide bonds. The number of rotatable bonds is 4. The predicted molar refractivity (Wildman–Crippen MR) is 67.3 cm³/mol. The molecule has 2 unspecified atom stereocenters. The molecule has 4 heteroatoms. The molecule has 1 aliphatic rings. The lowest BCUT2D eigenvalue weighted by molar-refractivity contribution is -0.142. The summed E-state index contributed by atoms with van der Waals surface area (Å²) in [6, 6.07) is 3.64. The minimum absolute atomic E-state index is 0.145. The van der Waals surface area contributed by atoms with E-state index in [-0.39, 0.29) is 5.92 Å². The van der Waals surface area contributed by atoms with Gasteiger partial charge in [-0.3, -0.25) is 4.79 Å². The van der Waals surface area contributed by atoms with Crippen molar-refractivity contribution in [3.8, 4) is 0 Å². The molecule has 0 spiro atoms. The van der Waals surface area contributed by atoms with Crippen LogP contribution in [-0.2, 0) is 4.79 Å². The maximum absolute atomic E-state index is 11.3. The van der Waals surface area contributed by atoms with Gasteiger partial charge in [0.1, 0.15) is 5.92 Å². The van der Waals surface area contributed by atoms with Gasteiger partial charge in [-0.15, -0.1) is 11.3 Å². The lowest BCUT2D eigenvalue weighted by Crippen LogP contribution is -2.33. The minimum atomic E-state index is -0.912. The number of thiophene rings is 1. The van der Waals surface area contributed by atoms with Crippen LogP contribution in [-0.4, -0.2) is 22.3 Å². The Morgan fingerprint density at radius 2 is 2.06 bits per heavy atom. The zero-order valence-corrected chi connectivity index (χ0v) is 10.5. The van der Waals surface area contributed by atoms with Gasteiger partial charge in [-0.25, -0.2) is 0 Å². The van der Waals surface area contributed by atoms with Gasteiger partial charge in [0.2, 0.25) is 0 Å². The van der Waals surface area contributed by atoms with Crippen LogP contribution < -0.4 is 0 Å². The van der Waals surface area contributed by atoms with Crippen LogP contribution in [0.15, 0.2) is 17.5 Å². The number of hydrogen-bond donors (Lipinski definition) is 2. The third-order valence-electron chi connectivity index (χ3n) is 3.59. The highest BCUT2D eigenvalue weighted by Crippen LogP contribution is 2.35. The summed E-state index contributed by atoms with van der Waals surface area (Å²) in [5.74, 6) is -1.52. The summed E-state index contributed by atoms with van der Waals surface area (Å²) < 4.78 is 0. The maximum atomic E-state index is 11.3. The highest BCUT2D eigenvalue weighted by atomic mass is 32.1. The molecule has 0 aromatic carbocycles. The molecule has 2 atom stereocenters. The molecular formula is C13H18O3S. The summed E-state index contributed by atoms with van der Waals surface area (Å²) >= 11 is 1.41. The first-order valence-electron chi connectivity index (χ1n) is 6.14. The molecule has 1 aromatic heterocycles. The fourth-order valence-corrected chi connectivity index (χ4v) is 3.51. The van der Waals surface area contributed by atoms with E-state index >= 15 is 0 Å². The summed E-state index contributed by atoms with van der Waals surface area (Å²) in [5, 5.41) is 21.5. The molecular weight excluding hydrogens is 236 g/mol. The van der Waals surface area contributed by atoms with E-state index in [2.05, 4.69) is 0 Å². The Hall–Kier alpha value is -0.870. The van der Waals surface area contributed by atoms with E-state index in [0.29, 0.717) is 0 Å². The van der Waals surface area contributed by atoms with Gasteiger partial charge in [-0.05, 0) is 30.2 Å². The van der Waals surface area contributed by atoms with Crippen molar-refractivity contribution in [2.45, 2.75) is 44.1 Å². The predicted octanol–water partition coefficient (Wildman–Crippen LogP) is 2.86. The molecule has 2 rings (SSSR count). The van der Waals surface area contributed by atoms with Crippen LogP contribution >= 0.6 is 11.3 Å². The fourth-order valence-electron chi connectivity index (χ4n) is 2.65. The van der Waals surface area contributed by atoms with Crippen LogP contribution in [0, 0.1) is 5.92 Å². The molecule has 94 valence electrons. The second kappa shape index (κ2) is 5.65. The van der Waals surface area contributed by atoms with Crippen molar-refractivity contribution < 1.29 is 15.0 Å². The largest absolute Gasteiger partial charge is 0.481 e. The third-order valence-corrected chi connectivity index (χ3v) is 4.55. The topological polar surface area (TPSA) is 57.5 Å². The van der Waals surface area contributed by atoms with Gasteiger partial charge < -0.3 is 10.2 Å². The summed E-state index contributed by atoms with van der Waals surface area (Å²) in [6.45, 7) is 0. The number of carboxylic acids is 1. The summed E-state index contributed by atoms with van der Waals surface area (Å²) in [7, 11) is 0. The Morgan fingerprint density at radius 1 is 1.35 bits per heavy atom. The van der Waals surface area contributed by atoms with Crippen LogP contribution in [0.3, 0.4) is 0 Å². The number of carboxylic acid groups (broad SMARTS) is 1. The highest BCUT2D eigenvalue weighted by Gasteiger charge is 2.35. The molecule has 0 bridgehead atoms. The van der Waals surface area contributed by atoms with Gasteiger partial charge in [0.25, 0.3) is 0 Å². The number of aliphatic carboxylic acids is 1. The van der Waals surface area contributed by atoms with Gasteiger partial charge in [0.05, 0.1) is 6.10 Å². The quantitative estimate of drug-likeness (QED) is 0.868. The van der Waals surface area contributed by atoms with Gasteiger partial charge in [0.15, 0.2) is 0 Å². The lowest BCUT2D eigenvalue weighted by atomic mass is 9.80. The Morgan fingerprint density at radius 3 is 2.59 bits per heavy atom. The monoisotopic (exact) mass is 254 g/mol. The van der Waals surface area contributed by atoms with Gasteiger partial charge in [0, 0.05) is 4.88 Å². The SMILES string of the molecule is O=C(O)C(c1cccs1)C(O)C1CCCCC1. The summed E-state index contributed by atoms with van der Waals surface area (Å²) in [6.07, 6.45) is 4.59. The zero-order valence-electron chi connectivity index (χ0n) is 9.71. The molecule has 2 N–H and O–H groups in total. The molecule has 0 radical (unpaired) electrons. The van der Waals surface area contributed by atoms with Gasteiger partial charge in [-0.1, -0.05) is 25.3 Å². The molecule has 1 heterocycles. The second-order valence-electron chi connectivity index (χ2n) is 4.72. The van der Waals surface area contributed by atoms with E-state index in [4.69, 9.17) is 0 Å². The van der Waals surface area contributed by atoms with E-state index in [1.165, 1.54) is 17.8 Å². The molecule has 1 aromatic rings. The van der Waals surface area contributed by atoms with Gasteiger partial charge in [-0.2, -0.15) is 0 Å². The van der Waals surface area contributed by atoms with E-state index in [1.54, 1.807) is 6.07 Å². The van der Waals surface area contributed by atoms with E-state index in [1.807, 2.05) is 11.4 Å². The zero-order chi connectivity index (χ0) is 12.3. The van der Waals surface area contributed by atoms with Crippen LogP contribution in [0.4, 0.5) is 0 Å². The average molecular weight is 254 g/mol. The normalized spacial score (nSPS) is 21.0. The molecule has 0 aliphatic heterocycles. The van der Waals surface area contributed by atoms with Crippen molar-refractivity contribution in [1.82, 2.24) is 0 Å². The maximum Gasteiger partial charge on any atom is 0.314 e. The van der Waals surface area contributed by atoms with Crippen molar-refractivity contribution >= 4 is 17.3 Å². The molecule has 0 saturated heterocycles. The first kappa shape index (κ1) is 12.6. The fraction of sp³-hybridized carbons (Fsp3) is 0.615. The van der Waals surface area contributed by atoms with E-state index in [9.17, 15) is 15.0 Å². The highest BCUT2D eigenvalue weighted by molar-refractivity contribution is 7.10. The standard InChI is InChI=1S/C13H18O3S/c14-12(9-5-2-1-3-6-9)11(13(15)16)10-7-4-8-17-10/h4,7-9,11-12,14H,1-3,5-6H2,(H,15,16). The Bertz CT molecular complexity index is 355. The first-order valence-corrected chi connectivity index (χ1v) is 7.02. The van der Waals surface area contributed by atoms with Gasteiger partial charge >= 0.3 is 5.97 Å². The molecule has 1 saturated carbocycles.